The molecule has 0 spiro atoms. The van der Waals surface area contributed by atoms with Gasteiger partial charge in [0.25, 0.3) is 0 Å². The van der Waals surface area contributed by atoms with Gasteiger partial charge in [0.1, 0.15) is 11.5 Å². The van der Waals surface area contributed by atoms with Crippen molar-refractivity contribution in [2.45, 2.75) is 64.3 Å². The maximum absolute atomic E-state index is 14.0. The molecule has 1 aromatic heterocycles. The molecular formula is C39H39ClN2O3S. The lowest BCUT2D eigenvalue weighted by Crippen LogP contribution is -2.16. The maximum Gasteiger partial charge on any atom is 0.210 e. The quantitative estimate of drug-likeness (QED) is 0.0282. The van der Waals surface area contributed by atoms with Gasteiger partial charge in [-0.15, -0.1) is 11.8 Å². The van der Waals surface area contributed by atoms with Crippen molar-refractivity contribution in [3.05, 3.63) is 125 Å². The zero-order chi connectivity index (χ0) is 32.6. The minimum absolute atomic E-state index is 0.0199. The number of halogens is 1. The van der Waals surface area contributed by atoms with Crippen molar-refractivity contribution >= 4 is 62.4 Å². The number of carbonyl (C=O) groups excluding carboxylic acids is 2. The molecule has 0 unspecified atom stereocenters. The Kier molecular flexibility index (Phi) is 11.2. The Morgan fingerprint density at radius 2 is 1.54 bits per heavy atom. The first-order valence-electron chi connectivity index (χ1n) is 15.8. The van der Waals surface area contributed by atoms with Crippen LogP contribution in [0.4, 0.5) is 0 Å². The number of oxime groups is 1. The summed E-state index contributed by atoms with van der Waals surface area (Å²) < 4.78 is 2.21. The van der Waals surface area contributed by atoms with Crippen LogP contribution >= 0.6 is 23.4 Å². The van der Waals surface area contributed by atoms with Crippen LogP contribution in [0.25, 0.3) is 21.8 Å². The lowest BCUT2D eigenvalue weighted by Gasteiger charge is -2.09. The molecule has 0 saturated carbocycles. The van der Waals surface area contributed by atoms with Crippen molar-refractivity contribution in [2.75, 3.05) is 5.75 Å². The number of thioether (sulfide) groups is 1. The summed E-state index contributed by atoms with van der Waals surface area (Å²) >= 11 is 7.68. The first kappa shape index (κ1) is 33.2. The lowest BCUT2D eigenvalue weighted by molar-refractivity contribution is 0.103. The van der Waals surface area contributed by atoms with Crippen molar-refractivity contribution < 1.29 is 14.4 Å². The lowest BCUT2D eigenvalue weighted by atomic mass is 9.97. The molecule has 0 aliphatic heterocycles. The molecule has 0 amide bonds. The second-order valence-electron chi connectivity index (χ2n) is 11.4. The molecule has 5 nitrogen and oxygen atoms in total. The van der Waals surface area contributed by atoms with Crippen LogP contribution in [-0.4, -0.2) is 27.6 Å². The summed E-state index contributed by atoms with van der Waals surface area (Å²) in [6.45, 7) is 11.0. The van der Waals surface area contributed by atoms with Gasteiger partial charge in [-0.25, -0.2) is 0 Å². The highest BCUT2D eigenvalue weighted by molar-refractivity contribution is 7.99. The van der Waals surface area contributed by atoms with E-state index in [1.54, 1.807) is 11.8 Å². The fraction of sp³-hybridized carbons (Fsp3) is 0.256. The number of hydrogen-bond donors (Lipinski definition) is 0. The molecule has 0 aliphatic carbocycles. The van der Waals surface area contributed by atoms with Gasteiger partial charge in [-0.3, -0.25) is 9.59 Å². The Balaban J connectivity index is 1.48. The highest BCUT2D eigenvalue weighted by Gasteiger charge is 2.20. The predicted molar refractivity (Wildman–Crippen MR) is 193 cm³/mol. The average Bonchev–Trinajstić information content (AvgIpc) is 3.39. The normalized spacial score (nSPS) is 11.7. The molecule has 0 saturated heterocycles. The van der Waals surface area contributed by atoms with Crippen molar-refractivity contribution in [2.24, 2.45) is 5.16 Å². The van der Waals surface area contributed by atoms with E-state index in [4.69, 9.17) is 16.4 Å². The van der Waals surface area contributed by atoms with Gasteiger partial charge in [-0.2, -0.15) is 0 Å². The zero-order valence-corrected chi connectivity index (χ0v) is 28.2. The van der Waals surface area contributed by atoms with Crippen LogP contribution in [0.15, 0.2) is 107 Å². The number of fused-ring (bicyclic) bond motifs is 3. The van der Waals surface area contributed by atoms with Gasteiger partial charge < -0.3 is 9.40 Å². The van der Waals surface area contributed by atoms with E-state index in [2.05, 4.69) is 30.1 Å². The van der Waals surface area contributed by atoms with Crippen molar-refractivity contribution in [3.63, 3.8) is 0 Å². The van der Waals surface area contributed by atoms with E-state index < -0.39 is 0 Å². The number of aryl methyl sites for hydroxylation is 2. The smallest absolute Gasteiger partial charge is 0.210 e. The van der Waals surface area contributed by atoms with Gasteiger partial charge in [-0.05, 0) is 86.5 Å². The zero-order valence-electron chi connectivity index (χ0n) is 26.6. The average molecular weight is 651 g/mol. The second kappa shape index (κ2) is 15.4. The van der Waals surface area contributed by atoms with Crippen LogP contribution in [0.5, 0.6) is 0 Å². The maximum atomic E-state index is 14.0. The number of ketones is 2. The molecule has 4 aromatic carbocycles. The van der Waals surface area contributed by atoms with Gasteiger partial charge in [-0.1, -0.05) is 67.4 Å². The molecule has 46 heavy (non-hydrogen) atoms. The molecule has 7 heteroatoms. The number of Topliss-reactive ketones (excluding diaryl/α,β-unsaturated/α-hetero) is 1. The Labute approximate surface area is 280 Å². The van der Waals surface area contributed by atoms with E-state index in [1.807, 2.05) is 91.9 Å². The van der Waals surface area contributed by atoms with Gasteiger partial charge >= 0.3 is 0 Å². The highest BCUT2D eigenvalue weighted by atomic mass is 35.5. The van der Waals surface area contributed by atoms with Gasteiger partial charge in [0.15, 0.2) is 5.78 Å². The molecule has 0 fully saturated rings. The van der Waals surface area contributed by atoms with E-state index >= 15 is 0 Å². The Bertz CT molecular complexity index is 1920. The minimum Gasteiger partial charge on any atom is -0.362 e. The van der Waals surface area contributed by atoms with Crippen LogP contribution in [-0.2, 0) is 11.4 Å². The molecule has 5 rings (SSSR count). The Hall–Kier alpha value is -4.13. The van der Waals surface area contributed by atoms with Crippen LogP contribution < -0.4 is 0 Å². The monoisotopic (exact) mass is 650 g/mol. The number of nitrogens with zero attached hydrogens (tertiary/aromatic N) is 2. The third kappa shape index (κ3) is 7.63. The first-order chi connectivity index (χ1) is 22.3. The number of aromatic nitrogens is 1. The van der Waals surface area contributed by atoms with Crippen LogP contribution in [0.3, 0.4) is 0 Å². The minimum atomic E-state index is -0.190. The summed E-state index contributed by atoms with van der Waals surface area (Å²) in [5.74, 6) is 0.981. The van der Waals surface area contributed by atoms with Crippen LogP contribution in [0.2, 0.25) is 5.02 Å². The van der Waals surface area contributed by atoms with E-state index in [-0.39, 0.29) is 11.6 Å². The first-order valence-corrected chi connectivity index (χ1v) is 17.2. The molecule has 236 valence electrons. The van der Waals surface area contributed by atoms with Crippen molar-refractivity contribution in [3.8, 4) is 0 Å². The molecule has 0 radical (unpaired) electrons. The molecule has 0 N–H and O–H groups in total. The van der Waals surface area contributed by atoms with E-state index in [0.29, 0.717) is 51.8 Å². The topological polar surface area (TPSA) is 60.7 Å². The van der Waals surface area contributed by atoms with Crippen LogP contribution in [0.1, 0.15) is 77.8 Å². The van der Waals surface area contributed by atoms with Crippen molar-refractivity contribution in [1.82, 2.24) is 4.57 Å². The second-order valence-corrected chi connectivity index (χ2v) is 13.0. The third-order valence-electron chi connectivity index (χ3n) is 8.12. The molecule has 0 aliphatic rings. The number of allylic oxidation sites excluding steroid dienone is 1. The summed E-state index contributed by atoms with van der Waals surface area (Å²) in [6, 6.07) is 26.9. The summed E-state index contributed by atoms with van der Waals surface area (Å²) in [5, 5.41) is 6.89. The molecule has 0 atom stereocenters. The van der Waals surface area contributed by atoms with Gasteiger partial charge in [0.05, 0.1) is 0 Å². The summed E-state index contributed by atoms with van der Waals surface area (Å²) in [5.41, 5.74) is 5.12. The fourth-order valence-corrected chi connectivity index (χ4v) is 6.60. The Morgan fingerprint density at radius 1 is 0.870 bits per heavy atom. The summed E-state index contributed by atoms with van der Waals surface area (Å²) in [6.07, 6.45) is 4.26. The van der Waals surface area contributed by atoms with E-state index in [9.17, 15) is 9.59 Å². The summed E-state index contributed by atoms with van der Waals surface area (Å²) in [4.78, 5) is 34.3. The third-order valence-corrected chi connectivity index (χ3v) is 9.39. The standard InChI is InChI=1S/C39H39ClN2O3S/c1-5-7-8-12-27(4)45-41-35(22-23-46-31-18-16-30(40)17-19-31)39(44)29-15-21-37-34(25-29)33-24-28(14-20-36(33)42(37)6-2)38(43)32-13-10-9-11-26(32)3/h9-11,13-21,24-25H,4-8,12,22-23H2,1-3H3. The van der Waals surface area contributed by atoms with Crippen molar-refractivity contribution in [1.29, 1.82) is 0 Å². The van der Waals surface area contributed by atoms with Crippen LogP contribution in [0, 0.1) is 6.92 Å². The number of unbranched alkanes of at least 4 members (excludes halogenated alkanes) is 2. The number of benzene rings is 4. The molecule has 1 heterocycles. The van der Waals surface area contributed by atoms with E-state index in [1.165, 1.54) is 0 Å². The number of hydrogen-bond acceptors (Lipinski definition) is 5. The molecule has 5 aromatic rings. The molecule has 0 bridgehead atoms. The number of carbonyl (C=O) groups is 2. The fourth-order valence-electron chi connectivity index (χ4n) is 5.61. The Morgan fingerprint density at radius 3 is 2.22 bits per heavy atom. The molecular weight excluding hydrogens is 612 g/mol. The van der Waals surface area contributed by atoms with E-state index in [0.717, 1.165) is 58.1 Å². The summed E-state index contributed by atoms with van der Waals surface area (Å²) in [7, 11) is 0. The highest BCUT2D eigenvalue weighted by Crippen LogP contribution is 2.32. The largest absolute Gasteiger partial charge is 0.362 e. The SMILES string of the molecule is C=C(CCCCC)ON=C(CCSc1ccc(Cl)cc1)C(=O)c1ccc2c(c1)c1cc(C(=O)c3ccccc3C)ccc1n2CC. The predicted octanol–water partition coefficient (Wildman–Crippen LogP) is 10.8. The van der Waals surface area contributed by atoms with Gasteiger partial charge in [0.2, 0.25) is 5.78 Å². The number of rotatable bonds is 15. The van der Waals surface area contributed by atoms with Gasteiger partial charge in [0, 0.05) is 73.6 Å².